The second-order valence-electron chi connectivity index (χ2n) is 5.57. The lowest BCUT2D eigenvalue weighted by Crippen LogP contribution is -2.42. The lowest BCUT2D eigenvalue weighted by Gasteiger charge is -2.25. The van der Waals surface area contributed by atoms with E-state index < -0.39 is 0 Å². The smallest absolute Gasteiger partial charge is 0.225 e. The fourth-order valence-electron chi connectivity index (χ4n) is 3.22. The van der Waals surface area contributed by atoms with E-state index in [1.54, 1.807) is 6.33 Å². The average molecular weight is 287 g/mol. The van der Waals surface area contributed by atoms with Crippen LogP contribution in [0.4, 0.5) is 5.82 Å². The molecular formula is C14H17N5O2. The van der Waals surface area contributed by atoms with E-state index in [0.29, 0.717) is 13.0 Å². The SMILES string of the molecule is CN1C(=O)CCO[C@H]2CN(c3ncnc4cc[nH]c34)C[C@@H]21. The number of aromatic nitrogens is 3. The Morgan fingerprint density at radius 3 is 3.19 bits per heavy atom. The third-order valence-corrected chi connectivity index (χ3v) is 4.40. The van der Waals surface area contributed by atoms with Crippen LogP contribution < -0.4 is 4.90 Å². The minimum atomic E-state index is 0.0430. The summed E-state index contributed by atoms with van der Waals surface area (Å²) in [5.74, 6) is 1.03. The molecule has 4 heterocycles. The first kappa shape index (κ1) is 12.6. The van der Waals surface area contributed by atoms with Crippen molar-refractivity contribution in [1.29, 1.82) is 0 Å². The van der Waals surface area contributed by atoms with Crippen molar-refractivity contribution in [2.45, 2.75) is 18.6 Å². The molecule has 0 bridgehead atoms. The lowest BCUT2D eigenvalue weighted by atomic mass is 10.2. The number of H-pyrrole nitrogens is 1. The molecule has 7 heteroatoms. The number of hydrogen-bond acceptors (Lipinski definition) is 5. The van der Waals surface area contributed by atoms with E-state index in [9.17, 15) is 4.79 Å². The zero-order chi connectivity index (χ0) is 14.4. The maximum atomic E-state index is 12.0. The monoisotopic (exact) mass is 287 g/mol. The third-order valence-electron chi connectivity index (χ3n) is 4.40. The van der Waals surface area contributed by atoms with E-state index in [2.05, 4.69) is 19.9 Å². The van der Waals surface area contributed by atoms with Crippen LogP contribution in [0, 0.1) is 0 Å². The summed E-state index contributed by atoms with van der Waals surface area (Å²) in [6.45, 7) is 1.98. The predicted molar refractivity (Wildman–Crippen MR) is 77.0 cm³/mol. The van der Waals surface area contributed by atoms with Gasteiger partial charge < -0.3 is 19.5 Å². The molecule has 2 aliphatic heterocycles. The highest BCUT2D eigenvalue weighted by atomic mass is 16.5. The summed E-state index contributed by atoms with van der Waals surface area (Å²) in [6.07, 6.45) is 3.96. The second kappa shape index (κ2) is 4.70. The largest absolute Gasteiger partial charge is 0.374 e. The van der Waals surface area contributed by atoms with Gasteiger partial charge in [0.15, 0.2) is 5.82 Å². The molecule has 2 aromatic heterocycles. The first-order valence-electron chi connectivity index (χ1n) is 7.14. The fourth-order valence-corrected chi connectivity index (χ4v) is 3.22. The number of fused-ring (bicyclic) bond motifs is 2. The van der Waals surface area contributed by atoms with E-state index >= 15 is 0 Å². The van der Waals surface area contributed by atoms with Gasteiger partial charge in [0.2, 0.25) is 5.91 Å². The summed E-state index contributed by atoms with van der Waals surface area (Å²) >= 11 is 0. The Bertz CT molecular complexity index is 685. The van der Waals surface area contributed by atoms with Crippen LogP contribution in [0.25, 0.3) is 11.0 Å². The van der Waals surface area contributed by atoms with Gasteiger partial charge in [0.05, 0.1) is 30.7 Å². The van der Waals surface area contributed by atoms with Crippen LogP contribution in [0.3, 0.4) is 0 Å². The predicted octanol–water partition coefficient (Wildman–Crippen LogP) is 0.394. The molecule has 4 rings (SSSR count). The number of aromatic amines is 1. The van der Waals surface area contributed by atoms with Crippen molar-refractivity contribution < 1.29 is 9.53 Å². The van der Waals surface area contributed by atoms with Crippen molar-refractivity contribution in [3.8, 4) is 0 Å². The molecular weight excluding hydrogens is 270 g/mol. The van der Waals surface area contributed by atoms with E-state index in [0.717, 1.165) is 29.9 Å². The number of amides is 1. The van der Waals surface area contributed by atoms with E-state index in [1.807, 2.05) is 24.2 Å². The molecule has 0 aliphatic carbocycles. The number of hydrogen-bond donors (Lipinski definition) is 1. The summed E-state index contributed by atoms with van der Waals surface area (Å²) in [6, 6.07) is 2.01. The number of anilines is 1. The molecule has 0 unspecified atom stereocenters. The van der Waals surface area contributed by atoms with Crippen LogP contribution in [-0.2, 0) is 9.53 Å². The molecule has 0 spiro atoms. The van der Waals surface area contributed by atoms with Crippen molar-refractivity contribution in [2.24, 2.45) is 0 Å². The number of likely N-dealkylation sites (N-methyl/N-ethyl adjacent to an activating group) is 1. The first-order chi connectivity index (χ1) is 10.2. The van der Waals surface area contributed by atoms with Gasteiger partial charge in [-0.1, -0.05) is 0 Å². The molecule has 2 fully saturated rings. The Kier molecular flexibility index (Phi) is 2.81. The van der Waals surface area contributed by atoms with Crippen molar-refractivity contribution in [2.75, 3.05) is 31.6 Å². The highest BCUT2D eigenvalue weighted by Gasteiger charge is 2.40. The van der Waals surface area contributed by atoms with Gasteiger partial charge in [-0.3, -0.25) is 4.79 Å². The quantitative estimate of drug-likeness (QED) is 0.821. The zero-order valence-electron chi connectivity index (χ0n) is 11.8. The Morgan fingerprint density at radius 2 is 2.29 bits per heavy atom. The number of ether oxygens (including phenoxy) is 1. The highest BCUT2D eigenvalue weighted by molar-refractivity contribution is 5.86. The van der Waals surface area contributed by atoms with Crippen molar-refractivity contribution in [3.63, 3.8) is 0 Å². The second-order valence-corrected chi connectivity index (χ2v) is 5.57. The van der Waals surface area contributed by atoms with Crippen LogP contribution in [-0.4, -0.2) is 64.6 Å². The number of rotatable bonds is 1. The standard InChI is InChI=1S/C14H17N5O2/c1-18-10-6-19(7-11(10)21-5-3-12(18)20)14-13-9(2-4-15-13)16-8-17-14/h2,4,8,10-11,15H,3,5-7H2,1H3/t10-,11-/m0/s1. The molecule has 0 saturated carbocycles. The number of carbonyl (C=O) groups excluding carboxylic acids is 1. The molecule has 0 radical (unpaired) electrons. The Balaban J connectivity index is 1.67. The molecule has 110 valence electrons. The molecule has 2 atom stereocenters. The third kappa shape index (κ3) is 1.96. The normalized spacial score (nSPS) is 26.2. The van der Waals surface area contributed by atoms with E-state index in [1.165, 1.54) is 0 Å². The lowest BCUT2D eigenvalue weighted by molar-refractivity contribution is -0.130. The Morgan fingerprint density at radius 1 is 1.38 bits per heavy atom. The Labute approximate surface area is 121 Å². The topological polar surface area (TPSA) is 74.3 Å². The summed E-state index contributed by atoms with van der Waals surface area (Å²) in [5.41, 5.74) is 1.83. The van der Waals surface area contributed by atoms with Crippen LogP contribution >= 0.6 is 0 Å². The number of nitrogens with zero attached hydrogens (tertiary/aromatic N) is 4. The van der Waals surface area contributed by atoms with Crippen LogP contribution in [0.5, 0.6) is 0 Å². The minimum absolute atomic E-state index is 0.0430. The van der Waals surface area contributed by atoms with Crippen molar-refractivity contribution in [3.05, 3.63) is 18.6 Å². The zero-order valence-corrected chi connectivity index (χ0v) is 11.8. The van der Waals surface area contributed by atoms with Gasteiger partial charge in [0.25, 0.3) is 0 Å². The molecule has 2 saturated heterocycles. The molecule has 2 aromatic rings. The summed E-state index contributed by atoms with van der Waals surface area (Å²) in [5, 5.41) is 0. The molecule has 2 aliphatic rings. The average Bonchev–Trinajstić information content (AvgIpc) is 3.10. The van der Waals surface area contributed by atoms with Crippen LogP contribution in [0.2, 0.25) is 0 Å². The summed E-state index contributed by atoms with van der Waals surface area (Å²) in [7, 11) is 1.86. The Hall–Kier alpha value is -2.15. The minimum Gasteiger partial charge on any atom is -0.374 e. The molecule has 0 aromatic carbocycles. The summed E-state index contributed by atoms with van der Waals surface area (Å²) < 4.78 is 5.86. The van der Waals surface area contributed by atoms with Crippen molar-refractivity contribution in [1.82, 2.24) is 19.9 Å². The highest BCUT2D eigenvalue weighted by Crippen LogP contribution is 2.28. The van der Waals surface area contributed by atoms with Gasteiger partial charge in [-0.2, -0.15) is 0 Å². The number of nitrogens with one attached hydrogen (secondary N) is 1. The van der Waals surface area contributed by atoms with Crippen molar-refractivity contribution >= 4 is 22.8 Å². The van der Waals surface area contributed by atoms with Gasteiger partial charge in [-0.25, -0.2) is 9.97 Å². The summed E-state index contributed by atoms with van der Waals surface area (Å²) in [4.78, 5) is 27.8. The maximum Gasteiger partial charge on any atom is 0.225 e. The fraction of sp³-hybridized carbons (Fsp3) is 0.500. The van der Waals surface area contributed by atoms with E-state index in [4.69, 9.17) is 4.74 Å². The molecule has 21 heavy (non-hydrogen) atoms. The van der Waals surface area contributed by atoms with Gasteiger partial charge >= 0.3 is 0 Å². The maximum absolute atomic E-state index is 12.0. The number of carbonyl (C=O) groups is 1. The molecule has 7 nitrogen and oxygen atoms in total. The van der Waals surface area contributed by atoms with E-state index in [-0.39, 0.29) is 18.1 Å². The van der Waals surface area contributed by atoms with Gasteiger partial charge in [-0.15, -0.1) is 0 Å². The van der Waals surface area contributed by atoms with Gasteiger partial charge in [0, 0.05) is 26.3 Å². The molecule has 1 N–H and O–H groups in total. The van der Waals surface area contributed by atoms with Gasteiger partial charge in [-0.05, 0) is 6.07 Å². The van der Waals surface area contributed by atoms with Crippen LogP contribution in [0.15, 0.2) is 18.6 Å². The van der Waals surface area contributed by atoms with Gasteiger partial charge in [0.1, 0.15) is 11.8 Å². The molecule has 1 amide bonds. The van der Waals surface area contributed by atoms with Crippen LogP contribution in [0.1, 0.15) is 6.42 Å². The first-order valence-corrected chi connectivity index (χ1v) is 7.14.